The van der Waals surface area contributed by atoms with Gasteiger partial charge in [-0.3, -0.25) is 9.69 Å². The molecule has 2 heterocycles. The first-order chi connectivity index (χ1) is 16.8. The van der Waals surface area contributed by atoms with Gasteiger partial charge < -0.3 is 4.90 Å². The van der Waals surface area contributed by atoms with Gasteiger partial charge in [0.05, 0.1) is 14.6 Å². The number of carbonyl (C=O) groups excluding carboxylic acids is 1. The second kappa shape index (κ2) is 10.9. The summed E-state index contributed by atoms with van der Waals surface area (Å²) in [5.74, 6) is -0.236. The van der Waals surface area contributed by atoms with E-state index >= 15 is 0 Å². The molecule has 1 aliphatic rings. The van der Waals surface area contributed by atoms with Gasteiger partial charge in [-0.15, -0.1) is 0 Å². The van der Waals surface area contributed by atoms with E-state index in [0.29, 0.717) is 48.1 Å². The molecule has 0 N–H and O–H groups in total. The summed E-state index contributed by atoms with van der Waals surface area (Å²) < 4.78 is 29.2. The topological polar surface area (TPSA) is 73.8 Å². The number of halogens is 1. The van der Waals surface area contributed by atoms with Crippen LogP contribution in [0.3, 0.4) is 0 Å². The molecule has 188 valence electrons. The lowest BCUT2D eigenvalue weighted by molar-refractivity contribution is -0.121. The number of rotatable bonds is 9. The summed E-state index contributed by atoms with van der Waals surface area (Å²) in [5, 5.41) is 1.08. The number of thiazole rings is 1. The van der Waals surface area contributed by atoms with E-state index in [1.165, 1.54) is 15.6 Å². The average Bonchev–Trinajstić information content (AvgIpc) is 3.51. The highest BCUT2D eigenvalue weighted by Crippen LogP contribution is 2.35. The summed E-state index contributed by atoms with van der Waals surface area (Å²) in [5.41, 5.74) is 1.64. The van der Waals surface area contributed by atoms with E-state index in [0.717, 1.165) is 23.4 Å². The Morgan fingerprint density at radius 2 is 1.86 bits per heavy atom. The van der Waals surface area contributed by atoms with Crippen LogP contribution in [0.5, 0.6) is 0 Å². The third-order valence-corrected chi connectivity index (χ3v) is 9.78. The van der Waals surface area contributed by atoms with E-state index in [9.17, 15) is 13.2 Å². The molecule has 0 aliphatic carbocycles. The summed E-state index contributed by atoms with van der Waals surface area (Å²) in [6.07, 6.45) is 1.12. The fourth-order valence-electron chi connectivity index (χ4n) is 4.40. The highest BCUT2D eigenvalue weighted by molar-refractivity contribution is 7.89. The second-order valence-corrected chi connectivity index (χ2v) is 12.0. The molecule has 35 heavy (non-hydrogen) atoms. The molecule has 0 spiro atoms. The summed E-state index contributed by atoms with van der Waals surface area (Å²) >= 11 is 7.76. The molecule has 1 saturated heterocycles. The maximum absolute atomic E-state index is 14.0. The Kier molecular flexibility index (Phi) is 8.12. The van der Waals surface area contributed by atoms with Crippen LogP contribution in [0.15, 0.2) is 47.4 Å². The van der Waals surface area contributed by atoms with E-state index in [4.69, 9.17) is 16.6 Å². The average molecular weight is 535 g/mol. The first kappa shape index (κ1) is 26.0. The molecule has 10 heteroatoms. The second-order valence-electron chi connectivity index (χ2n) is 8.69. The Bertz CT molecular complexity index is 1290. The zero-order valence-electron chi connectivity index (χ0n) is 20.3. The number of anilines is 1. The summed E-state index contributed by atoms with van der Waals surface area (Å²) in [6, 6.07) is 11.6. The Hall–Kier alpha value is -2.04. The number of nitrogens with zero attached hydrogens (tertiary/aromatic N) is 4. The minimum atomic E-state index is -3.80. The molecule has 0 saturated carbocycles. The highest BCUT2D eigenvalue weighted by atomic mass is 35.5. The standard InChI is InChI=1S/C25H31ClN4O3S2/c1-4-28(5-2)16-17-29(25-27-23-20(26)8-6-10-22(23)34-25)24(31)21-9-7-15-30(21)35(32,33)19-13-11-18(3)12-14-19/h6,8,10-14,21H,4-5,7,9,15-17H2,1-3H3. The Balaban J connectivity index is 1.68. The van der Waals surface area contributed by atoms with Gasteiger partial charge in [-0.25, -0.2) is 13.4 Å². The number of para-hydroxylation sites is 1. The Morgan fingerprint density at radius 1 is 1.14 bits per heavy atom. The summed E-state index contributed by atoms with van der Waals surface area (Å²) in [4.78, 5) is 22.8. The predicted molar refractivity (Wildman–Crippen MR) is 143 cm³/mol. The highest BCUT2D eigenvalue weighted by Gasteiger charge is 2.42. The van der Waals surface area contributed by atoms with Gasteiger partial charge in [-0.2, -0.15) is 4.31 Å². The van der Waals surface area contributed by atoms with Crippen molar-refractivity contribution in [2.24, 2.45) is 0 Å². The van der Waals surface area contributed by atoms with Crippen molar-refractivity contribution < 1.29 is 13.2 Å². The number of carbonyl (C=O) groups is 1. The van der Waals surface area contributed by atoms with Crippen LogP contribution in [-0.2, 0) is 14.8 Å². The molecule has 4 rings (SSSR count). The minimum Gasteiger partial charge on any atom is -0.302 e. The van der Waals surface area contributed by atoms with Gasteiger partial charge in [0.25, 0.3) is 0 Å². The fraction of sp³-hybridized carbons (Fsp3) is 0.440. The number of likely N-dealkylation sites (N-methyl/N-ethyl adjacent to an activating group) is 1. The molecule has 0 radical (unpaired) electrons. The lowest BCUT2D eigenvalue weighted by atomic mass is 10.2. The van der Waals surface area contributed by atoms with Gasteiger partial charge in [-0.1, -0.05) is 60.5 Å². The first-order valence-electron chi connectivity index (χ1n) is 11.9. The molecule has 1 aromatic heterocycles. The van der Waals surface area contributed by atoms with Crippen LogP contribution < -0.4 is 4.90 Å². The minimum absolute atomic E-state index is 0.212. The van der Waals surface area contributed by atoms with Gasteiger partial charge in [0, 0.05) is 19.6 Å². The zero-order valence-corrected chi connectivity index (χ0v) is 22.7. The van der Waals surface area contributed by atoms with Crippen molar-refractivity contribution >= 4 is 54.2 Å². The molecule has 7 nitrogen and oxygen atoms in total. The lowest BCUT2D eigenvalue weighted by Crippen LogP contribution is -2.49. The van der Waals surface area contributed by atoms with Gasteiger partial charge >= 0.3 is 0 Å². The molecular weight excluding hydrogens is 504 g/mol. The monoisotopic (exact) mass is 534 g/mol. The molecular formula is C25H31ClN4O3S2. The number of aromatic nitrogens is 1. The summed E-state index contributed by atoms with van der Waals surface area (Å²) in [7, 11) is -3.80. The lowest BCUT2D eigenvalue weighted by Gasteiger charge is -2.30. The number of fused-ring (bicyclic) bond motifs is 1. The third-order valence-electron chi connectivity index (χ3n) is 6.51. The molecule has 1 aliphatic heterocycles. The van der Waals surface area contributed by atoms with Crippen LogP contribution in [0.2, 0.25) is 5.02 Å². The van der Waals surface area contributed by atoms with Crippen molar-refractivity contribution in [3.05, 3.63) is 53.1 Å². The largest absolute Gasteiger partial charge is 0.302 e. The van der Waals surface area contributed by atoms with E-state index in [2.05, 4.69) is 18.7 Å². The van der Waals surface area contributed by atoms with Crippen LogP contribution >= 0.6 is 22.9 Å². The molecule has 1 amide bonds. The van der Waals surface area contributed by atoms with Crippen LogP contribution in [0.1, 0.15) is 32.3 Å². The Labute approximate surface area is 216 Å². The van der Waals surface area contributed by atoms with Crippen LogP contribution in [0, 0.1) is 6.92 Å². The van der Waals surface area contributed by atoms with Crippen molar-refractivity contribution in [3.63, 3.8) is 0 Å². The van der Waals surface area contributed by atoms with Crippen molar-refractivity contribution in [1.82, 2.24) is 14.2 Å². The third kappa shape index (κ3) is 5.39. The molecule has 1 fully saturated rings. The number of hydrogen-bond donors (Lipinski definition) is 0. The first-order valence-corrected chi connectivity index (χ1v) is 14.6. The number of aryl methyl sites for hydroxylation is 1. The molecule has 1 unspecified atom stereocenters. The molecule has 2 aromatic carbocycles. The van der Waals surface area contributed by atoms with Crippen molar-refractivity contribution in [1.29, 1.82) is 0 Å². The Morgan fingerprint density at radius 3 is 2.51 bits per heavy atom. The normalized spacial score (nSPS) is 16.9. The van der Waals surface area contributed by atoms with Crippen LogP contribution in [0.25, 0.3) is 10.2 Å². The van der Waals surface area contributed by atoms with Crippen molar-refractivity contribution in [3.8, 4) is 0 Å². The predicted octanol–water partition coefficient (Wildman–Crippen LogP) is 4.79. The van der Waals surface area contributed by atoms with E-state index < -0.39 is 16.1 Å². The molecule has 0 bridgehead atoms. The van der Waals surface area contributed by atoms with Crippen LogP contribution in [0.4, 0.5) is 5.13 Å². The van der Waals surface area contributed by atoms with Gasteiger partial charge in [0.1, 0.15) is 11.6 Å². The van der Waals surface area contributed by atoms with Gasteiger partial charge in [0.15, 0.2) is 5.13 Å². The number of benzene rings is 2. The SMILES string of the molecule is CCN(CC)CCN(C(=O)C1CCCN1S(=O)(=O)c1ccc(C)cc1)c1nc2c(Cl)cccc2s1. The molecule has 3 aromatic rings. The van der Waals surface area contributed by atoms with Gasteiger partial charge in [0.2, 0.25) is 15.9 Å². The number of amides is 1. The maximum Gasteiger partial charge on any atom is 0.247 e. The fourth-order valence-corrected chi connectivity index (χ4v) is 7.35. The van der Waals surface area contributed by atoms with Crippen molar-refractivity contribution in [2.45, 2.75) is 44.6 Å². The quantitative estimate of drug-likeness (QED) is 0.395. The number of hydrogen-bond acceptors (Lipinski definition) is 6. The van der Waals surface area contributed by atoms with E-state index in [1.807, 2.05) is 19.1 Å². The molecule has 1 atom stereocenters. The summed E-state index contributed by atoms with van der Waals surface area (Å²) in [6.45, 7) is 9.22. The maximum atomic E-state index is 14.0. The van der Waals surface area contributed by atoms with Crippen molar-refractivity contribution in [2.75, 3.05) is 37.6 Å². The van der Waals surface area contributed by atoms with Crippen LogP contribution in [-0.4, -0.2) is 67.3 Å². The van der Waals surface area contributed by atoms with Gasteiger partial charge in [-0.05, 0) is 57.1 Å². The van der Waals surface area contributed by atoms with E-state index in [1.54, 1.807) is 35.2 Å². The van der Waals surface area contributed by atoms with E-state index in [-0.39, 0.29) is 10.8 Å². The smallest absolute Gasteiger partial charge is 0.247 e. The zero-order chi connectivity index (χ0) is 25.2. The number of sulfonamides is 1.